The third kappa shape index (κ3) is 1.35. The van der Waals surface area contributed by atoms with Crippen molar-refractivity contribution in [2.24, 2.45) is 5.73 Å². The third-order valence-corrected chi connectivity index (χ3v) is 3.09. The van der Waals surface area contributed by atoms with E-state index in [4.69, 9.17) is 5.73 Å². The van der Waals surface area contributed by atoms with Crippen molar-refractivity contribution in [1.29, 1.82) is 0 Å². The molecule has 0 saturated carbocycles. The van der Waals surface area contributed by atoms with Crippen molar-refractivity contribution < 1.29 is 9.59 Å². The summed E-state index contributed by atoms with van der Waals surface area (Å²) in [6.07, 6.45) is 1.27. The fourth-order valence-corrected chi connectivity index (χ4v) is 2.31. The van der Waals surface area contributed by atoms with Crippen LogP contribution in [0.15, 0.2) is 16.6 Å². The maximum Gasteiger partial charge on any atom is 0.248 e. The summed E-state index contributed by atoms with van der Waals surface area (Å²) in [6.45, 7) is 0. The lowest BCUT2D eigenvalue weighted by molar-refractivity contribution is 0.0994. The average Bonchev–Trinajstić information content (AvgIpc) is 2.48. The average molecular weight is 254 g/mol. The van der Waals surface area contributed by atoms with E-state index in [-0.39, 0.29) is 5.78 Å². The highest BCUT2D eigenvalue weighted by Gasteiger charge is 2.23. The van der Waals surface area contributed by atoms with Crippen LogP contribution in [0.4, 0.5) is 0 Å². The Bertz CT molecular complexity index is 440. The monoisotopic (exact) mass is 253 g/mol. The van der Waals surface area contributed by atoms with E-state index in [1.165, 1.54) is 0 Å². The molecule has 0 bridgehead atoms. The topological polar surface area (TPSA) is 60.2 Å². The molecule has 1 amide bonds. The van der Waals surface area contributed by atoms with Crippen molar-refractivity contribution in [3.8, 4) is 0 Å². The smallest absolute Gasteiger partial charge is 0.248 e. The first-order valence-electron chi connectivity index (χ1n) is 4.25. The van der Waals surface area contributed by atoms with Gasteiger partial charge in [-0.05, 0) is 24.1 Å². The van der Waals surface area contributed by atoms with Gasteiger partial charge < -0.3 is 5.73 Å². The number of carbonyl (C=O) groups is 2. The fraction of sp³-hybridized carbons (Fsp3) is 0.200. The second kappa shape index (κ2) is 3.20. The maximum absolute atomic E-state index is 11.4. The highest BCUT2D eigenvalue weighted by atomic mass is 79.9. The van der Waals surface area contributed by atoms with E-state index in [0.29, 0.717) is 17.5 Å². The first-order valence-corrected chi connectivity index (χ1v) is 5.04. The minimum absolute atomic E-state index is 0.0869. The van der Waals surface area contributed by atoms with Crippen molar-refractivity contribution >= 4 is 27.6 Å². The van der Waals surface area contributed by atoms with Crippen LogP contribution in [0.25, 0.3) is 0 Å². The maximum atomic E-state index is 11.4. The first-order chi connectivity index (χ1) is 6.59. The van der Waals surface area contributed by atoms with E-state index in [0.717, 1.165) is 16.5 Å². The van der Waals surface area contributed by atoms with Gasteiger partial charge in [0.2, 0.25) is 5.91 Å². The molecule has 1 aromatic carbocycles. The first kappa shape index (κ1) is 9.40. The van der Waals surface area contributed by atoms with Crippen molar-refractivity contribution in [1.82, 2.24) is 0 Å². The largest absolute Gasteiger partial charge is 0.366 e. The Hall–Kier alpha value is -1.16. The van der Waals surface area contributed by atoms with Gasteiger partial charge in [-0.25, -0.2) is 0 Å². The number of amides is 1. The molecule has 72 valence electrons. The zero-order chi connectivity index (χ0) is 10.3. The number of fused-ring (bicyclic) bond motifs is 1. The van der Waals surface area contributed by atoms with Crippen LogP contribution in [0.5, 0.6) is 0 Å². The van der Waals surface area contributed by atoms with E-state index >= 15 is 0 Å². The van der Waals surface area contributed by atoms with Gasteiger partial charge in [0.05, 0.1) is 0 Å². The van der Waals surface area contributed by atoms with E-state index in [1.54, 1.807) is 12.1 Å². The quantitative estimate of drug-likeness (QED) is 0.828. The molecule has 2 rings (SSSR count). The molecule has 0 fully saturated rings. The molecule has 1 aliphatic carbocycles. The Morgan fingerprint density at radius 1 is 1.36 bits per heavy atom. The molecule has 0 saturated heterocycles. The summed E-state index contributed by atoms with van der Waals surface area (Å²) in [6, 6.07) is 3.25. The van der Waals surface area contributed by atoms with Crippen LogP contribution in [-0.2, 0) is 6.42 Å². The Morgan fingerprint density at radius 3 is 2.71 bits per heavy atom. The van der Waals surface area contributed by atoms with Crippen LogP contribution < -0.4 is 5.73 Å². The van der Waals surface area contributed by atoms with Gasteiger partial charge >= 0.3 is 0 Å². The summed E-state index contributed by atoms with van der Waals surface area (Å²) in [5.74, 6) is -0.419. The van der Waals surface area contributed by atoms with Gasteiger partial charge in [0.1, 0.15) is 0 Å². The van der Waals surface area contributed by atoms with Gasteiger partial charge in [-0.1, -0.05) is 15.9 Å². The molecule has 1 aromatic rings. The van der Waals surface area contributed by atoms with Crippen LogP contribution in [0.1, 0.15) is 32.7 Å². The van der Waals surface area contributed by atoms with Gasteiger partial charge in [0, 0.05) is 22.0 Å². The molecule has 0 heterocycles. The summed E-state index contributed by atoms with van der Waals surface area (Å²) in [7, 11) is 0. The Labute approximate surface area is 89.4 Å². The number of carbonyl (C=O) groups excluding carboxylic acids is 2. The summed E-state index contributed by atoms with van der Waals surface area (Å²) < 4.78 is 0.801. The predicted molar refractivity (Wildman–Crippen MR) is 55.3 cm³/mol. The van der Waals surface area contributed by atoms with Gasteiger partial charge in [0.15, 0.2) is 5.78 Å². The minimum atomic E-state index is -0.506. The second-order valence-corrected chi connectivity index (χ2v) is 4.13. The number of rotatable bonds is 1. The van der Waals surface area contributed by atoms with Crippen molar-refractivity contribution in [3.05, 3.63) is 33.3 Å². The molecular formula is C10H8BrNO2. The molecule has 14 heavy (non-hydrogen) atoms. The molecule has 4 heteroatoms. The van der Waals surface area contributed by atoms with Gasteiger partial charge in [-0.3, -0.25) is 9.59 Å². The van der Waals surface area contributed by atoms with Crippen LogP contribution >= 0.6 is 15.9 Å². The molecular weight excluding hydrogens is 246 g/mol. The number of nitrogens with two attached hydrogens (primary N) is 1. The number of primary amides is 1. The zero-order valence-corrected chi connectivity index (χ0v) is 8.93. The van der Waals surface area contributed by atoms with Crippen LogP contribution in [0.3, 0.4) is 0 Å². The van der Waals surface area contributed by atoms with Gasteiger partial charge in [-0.15, -0.1) is 0 Å². The Morgan fingerprint density at radius 2 is 2.07 bits per heavy atom. The van der Waals surface area contributed by atoms with E-state index < -0.39 is 5.91 Å². The molecule has 0 radical (unpaired) electrons. The number of hydrogen-bond donors (Lipinski definition) is 1. The lowest BCUT2D eigenvalue weighted by Gasteiger charge is -2.03. The summed E-state index contributed by atoms with van der Waals surface area (Å²) >= 11 is 3.33. The second-order valence-electron chi connectivity index (χ2n) is 3.27. The number of halogens is 1. The lowest BCUT2D eigenvalue weighted by Crippen LogP contribution is -2.12. The summed E-state index contributed by atoms with van der Waals surface area (Å²) in [4.78, 5) is 22.4. The highest BCUT2D eigenvalue weighted by molar-refractivity contribution is 9.10. The highest BCUT2D eigenvalue weighted by Crippen LogP contribution is 2.30. The Balaban J connectivity index is 2.64. The summed E-state index contributed by atoms with van der Waals surface area (Å²) in [5, 5.41) is 0. The molecule has 0 unspecified atom stereocenters. The molecule has 3 nitrogen and oxygen atoms in total. The SMILES string of the molecule is NC(=O)c1cc(Br)c2c(c1)C(=O)CC2. The number of ketones is 1. The van der Waals surface area contributed by atoms with Crippen molar-refractivity contribution in [2.75, 3.05) is 0 Å². The zero-order valence-electron chi connectivity index (χ0n) is 7.34. The normalized spacial score (nSPS) is 14.2. The van der Waals surface area contributed by atoms with E-state index in [9.17, 15) is 9.59 Å². The minimum Gasteiger partial charge on any atom is -0.366 e. The van der Waals surface area contributed by atoms with E-state index in [2.05, 4.69) is 15.9 Å². The Kier molecular flexibility index (Phi) is 2.15. The predicted octanol–water partition coefficient (Wildman–Crippen LogP) is 1.68. The molecule has 1 aliphatic rings. The number of hydrogen-bond acceptors (Lipinski definition) is 2. The molecule has 0 aromatic heterocycles. The van der Waals surface area contributed by atoms with Gasteiger partial charge in [-0.2, -0.15) is 0 Å². The van der Waals surface area contributed by atoms with Crippen LogP contribution in [0.2, 0.25) is 0 Å². The molecule has 2 N–H and O–H groups in total. The van der Waals surface area contributed by atoms with Crippen molar-refractivity contribution in [3.63, 3.8) is 0 Å². The summed E-state index contributed by atoms with van der Waals surface area (Å²) in [5.41, 5.74) is 7.15. The molecule has 0 spiro atoms. The lowest BCUT2D eigenvalue weighted by atomic mass is 10.1. The third-order valence-electron chi connectivity index (χ3n) is 2.38. The van der Waals surface area contributed by atoms with Crippen LogP contribution in [0, 0.1) is 0 Å². The standard InChI is InChI=1S/C10H8BrNO2/c11-8-4-5(10(12)14)3-7-6(8)1-2-9(7)13/h3-4H,1-2H2,(H2,12,14). The molecule has 0 atom stereocenters. The number of Topliss-reactive ketones (excluding diaryl/α,β-unsaturated/α-hetero) is 1. The number of benzene rings is 1. The fourth-order valence-electron chi connectivity index (χ4n) is 1.65. The van der Waals surface area contributed by atoms with Crippen molar-refractivity contribution in [2.45, 2.75) is 12.8 Å². The molecule has 0 aliphatic heterocycles. The van der Waals surface area contributed by atoms with Crippen LogP contribution in [-0.4, -0.2) is 11.7 Å². The van der Waals surface area contributed by atoms with E-state index in [1.807, 2.05) is 0 Å². The van der Waals surface area contributed by atoms with Gasteiger partial charge in [0.25, 0.3) is 0 Å².